The van der Waals surface area contributed by atoms with Gasteiger partial charge in [0.1, 0.15) is 18.5 Å². The number of carbonyl (C=O) groups excluding carboxylic acids is 2. The summed E-state index contributed by atoms with van der Waals surface area (Å²) < 4.78 is 31.7. The van der Waals surface area contributed by atoms with E-state index in [1.807, 2.05) is 6.07 Å². The average Bonchev–Trinajstić information content (AvgIpc) is 3.44. The van der Waals surface area contributed by atoms with Gasteiger partial charge in [0.05, 0.1) is 18.3 Å². The summed E-state index contributed by atoms with van der Waals surface area (Å²) in [7, 11) is -2.66. The summed E-state index contributed by atoms with van der Waals surface area (Å²) in [5, 5.41) is 13.2. The van der Waals surface area contributed by atoms with E-state index in [9.17, 15) is 14.2 Å². The van der Waals surface area contributed by atoms with Crippen LogP contribution in [0.4, 0.5) is 0 Å². The van der Waals surface area contributed by atoms with Gasteiger partial charge < -0.3 is 18.8 Å². The maximum Gasteiger partial charge on any atom is 0.338 e. The van der Waals surface area contributed by atoms with Crippen molar-refractivity contribution in [2.24, 2.45) is 0 Å². The van der Waals surface area contributed by atoms with Crippen molar-refractivity contribution in [2.45, 2.75) is 24.5 Å². The molecule has 180 valence electrons. The molecule has 4 rings (SSSR count). The average molecular weight is 494 g/mol. The highest BCUT2D eigenvalue weighted by atomic mass is 31.2. The van der Waals surface area contributed by atoms with Crippen molar-refractivity contribution >= 4 is 19.1 Å². The van der Waals surface area contributed by atoms with Gasteiger partial charge in [-0.15, -0.1) is 5.10 Å². The van der Waals surface area contributed by atoms with Gasteiger partial charge in [-0.25, -0.2) is 19.3 Å². The minimum atomic E-state index is -2.66. The van der Waals surface area contributed by atoms with Crippen LogP contribution in [-0.4, -0.2) is 64.5 Å². The summed E-state index contributed by atoms with van der Waals surface area (Å²) in [6.07, 6.45) is -2.85. The monoisotopic (exact) mass is 494 g/mol. The lowest BCUT2D eigenvalue weighted by atomic mass is 10.1. The first-order valence-corrected chi connectivity index (χ1v) is 13.6. The fraction of sp³-hybridized carbons (Fsp3) is 0.292. The van der Waals surface area contributed by atoms with E-state index in [1.54, 1.807) is 74.0 Å². The van der Waals surface area contributed by atoms with Gasteiger partial charge in [0.2, 0.25) is 0 Å². The summed E-state index contributed by atoms with van der Waals surface area (Å²) in [5.41, 5.74) is 0.585. The van der Waals surface area contributed by atoms with Crippen LogP contribution in [0.15, 0.2) is 67.0 Å². The number of rotatable bonds is 7. The zero-order valence-electron chi connectivity index (χ0n) is 19.1. The molecule has 1 fully saturated rings. The highest BCUT2D eigenvalue weighted by Crippen LogP contribution is 2.43. The van der Waals surface area contributed by atoms with Gasteiger partial charge in [-0.1, -0.05) is 36.4 Å². The Hall–Kier alpha value is -3.80. The number of carbonyl (C=O) groups is 2. The quantitative estimate of drug-likeness (QED) is 0.359. The van der Waals surface area contributed by atoms with Crippen LogP contribution in [0.2, 0.25) is 0 Å². The highest BCUT2D eigenvalue weighted by molar-refractivity contribution is 7.62. The van der Waals surface area contributed by atoms with Crippen LogP contribution in [0.3, 0.4) is 0 Å². The molecule has 10 nitrogen and oxygen atoms in total. The number of aromatic nitrogens is 3. The minimum Gasteiger partial charge on any atom is -0.452 e. The van der Waals surface area contributed by atoms with Crippen molar-refractivity contribution in [3.63, 3.8) is 0 Å². The Bertz CT molecular complexity index is 1280. The zero-order valence-corrected chi connectivity index (χ0v) is 19.9. The molecule has 2 aromatic carbocycles. The molecule has 1 aliphatic rings. The predicted molar refractivity (Wildman–Crippen MR) is 124 cm³/mol. The SMILES string of the molecule is CP(C)(=O)C[C@H]1O[C@@H](n2cnc(C#N)n2)[C@H](OC(=O)c2ccccc2)[C@@H]1OC(=O)c1ccccc1. The second-order valence-corrected chi connectivity index (χ2v) is 12.0. The molecule has 0 N–H and O–H groups in total. The first kappa shape index (κ1) is 24.3. The van der Waals surface area contributed by atoms with Crippen LogP contribution in [0.1, 0.15) is 32.8 Å². The van der Waals surface area contributed by atoms with E-state index in [2.05, 4.69) is 10.1 Å². The first-order chi connectivity index (χ1) is 16.7. The Morgan fingerprint density at radius 2 is 1.54 bits per heavy atom. The molecular formula is C24H23N4O6P. The molecule has 1 aliphatic heterocycles. The van der Waals surface area contributed by atoms with Crippen LogP contribution >= 0.6 is 7.14 Å². The second kappa shape index (κ2) is 10.2. The third-order valence-electron chi connectivity index (χ3n) is 5.28. The normalized spacial score (nSPS) is 21.7. The molecule has 0 radical (unpaired) electrons. The third kappa shape index (κ3) is 5.83. The molecule has 0 bridgehead atoms. The van der Waals surface area contributed by atoms with Gasteiger partial charge in [0.25, 0.3) is 5.82 Å². The summed E-state index contributed by atoms with van der Waals surface area (Å²) in [6, 6.07) is 18.5. The van der Waals surface area contributed by atoms with Crippen LogP contribution in [0.5, 0.6) is 0 Å². The van der Waals surface area contributed by atoms with Crippen molar-refractivity contribution < 1.29 is 28.4 Å². The minimum absolute atomic E-state index is 0.0649. The van der Waals surface area contributed by atoms with Crippen molar-refractivity contribution in [3.05, 3.63) is 83.9 Å². The maximum atomic E-state index is 13.0. The van der Waals surface area contributed by atoms with Crippen molar-refractivity contribution in [1.29, 1.82) is 5.26 Å². The fourth-order valence-electron chi connectivity index (χ4n) is 3.75. The summed E-state index contributed by atoms with van der Waals surface area (Å²) in [5.74, 6) is -1.42. The van der Waals surface area contributed by atoms with Crippen LogP contribution in [-0.2, 0) is 18.8 Å². The number of ether oxygens (including phenoxy) is 3. The molecule has 0 unspecified atom stereocenters. The van der Waals surface area contributed by atoms with Gasteiger partial charge >= 0.3 is 11.9 Å². The second-order valence-electron chi connectivity index (χ2n) is 8.45. The van der Waals surface area contributed by atoms with Gasteiger partial charge in [0.15, 0.2) is 18.4 Å². The maximum absolute atomic E-state index is 13.0. The van der Waals surface area contributed by atoms with Gasteiger partial charge in [-0.05, 0) is 37.6 Å². The highest BCUT2D eigenvalue weighted by Gasteiger charge is 2.52. The van der Waals surface area contributed by atoms with Crippen molar-refractivity contribution in [3.8, 4) is 6.07 Å². The number of hydrogen-bond donors (Lipinski definition) is 0. The van der Waals surface area contributed by atoms with Crippen molar-refractivity contribution in [1.82, 2.24) is 14.8 Å². The van der Waals surface area contributed by atoms with E-state index in [1.165, 1.54) is 11.0 Å². The van der Waals surface area contributed by atoms with E-state index in [4.69, 9.17) is 19.5 Å². The predicted octanol–water partition coefficient (Wildman–Crippen LogP) is 3.12. The van der Waals surface area contributed by atoms with Gasteiger partial charge in [0, 0.05) is 6.16 Å². The van der Waals surface area contributed by atoms with Gasteiger partial charge in [-0.2, -0.15) is 5.26 Å². The van der Waals surface area contributed by atoms with E-state index >= 15 is 0 Å². The lowest BCUT2D eigenvalue weighted by Gasteiger charge is -2.25. The van der Waals surface area contributed by atoms with E-state index in [-0.39, 0.29) is 17.5 Å². The number of esters is 2. The zero-order chi connectivity index (χ0) is 25.0. The molecule has 1 aromatic heterocycles. The molecular weight excluding hydrogens is 471 g/mol. The largest absolute Gasteiger partial charge is 0.452 e. The summed E-state index contributed by atoms with van der Waals surface area (Å²) >= 11 is 0. The number of nitrogens with zero attached hydrogens (tertiary/aromatic N) is 4. The molecule has 0 aliphatic carbocycles. The molecule has 0 saturated carbocycles. The van der Waals surface area contributed by atoms with Crippen LogP contribution in [0, 0.1) is 11.3 Å². The molecule has 4 atom stereocenters. The Morgan fingerprint density at radius 3 is 2.03 bits per heavy atom. The smallest absolute Gasteiger partial charge is 0.338 e. The number of hydrogen-bond acceptors (Lipinski definition) is 9. The molecule has 11 heteroatoms. The Balaban J connectivity index is 1.71. The lowest BCUT2D eigenvalue weighted by molar-refractivity contribution is -0.0542. The van der Waals surface area contributed by atoms with E-state index < -0.39 is 43.6 Å². The summed E-state index contributed by atoms with van der Waals surface area (Å²) in [4.78, 5) is 29.8. The standard InChI is InChI=1S/C24H23N4O6P/c1-35(2,31)14-18-20(33-23(29)16-9-5-3-6-10-16)21(34-24(30)17-11-7-4-8-12-17)22(32-18)28-15-26-19(13-25)27-28/h3-12,15,18,20-22H,14H2,1-2H3/t18-,20-,21-,22-/m1/s1. The Labute approximate surface area is 201 Å². The molecule has 0 amide bonds. The third-order valence-corrected chi connectivity index (χ3v) is 6.52. The van der Waals surface area contributed by atoms with E-state index in [0.29, 0.717) is 5.56 Å². The Kier molecular flexibility index (Phi) is 7.10. The number of nitriles is 1. The number of benzene rings is 2. The molecule has 2 heterocycles. The Morgan fingerprint density at radius 1 is 1.00 bits per heavy atom. The van der Waals surface area contributed by atoms with Gasteiger partial charge in [-0.3, -0.25) is 0 Å². The topological polar surface area (TPSA) is 133 Å². The van der Waals surface area contributed by atoms with Crippen LogP contribution < -0.4 is 0 Å². The van der Waals surface area contributed by atoms with E-state index in [0.717, 1.165) is 0 Å². The van der Waals surface area contributed by atoms with Crippen LogP contribution in [0.25, 0.3) is 0 Å². The fourth-order valence-corrected chi connectivity index (χ4v) is 4.91. The molecule has 1 saturated heterocycles. The molecule has 3 aromatic rings. The molecule has 35 heavy (non-hydrogen) atoms. The molecule has 0 spiro atoms. The summed E-state index contributed by atoms with van der Waals surface area (Å²) in [6.45, 7) is 3.18. The van der Waals surface area contributed by atoms with Crippen molar-refractivity contribution in [2.75, 3.05) is 19.5 Å². The first-order valence-electron chi connectivity index (χ1n) is 10.8. The lowest BCUT2D eigenvalue weighted by Crippen LogP contribution is -2.40.